The second-order valence-corrected chi connectivity index (χ2v) is 4.41. The van der Waals surface area contributed by atoms with E-state index in [0.717, 1.165) is 23.8 Å². The second-order valence-electron chi connectivity index (χ2n) is 4.41. The largest absolute Gasteiger partial charge is 0.387 e. The Morgan fingerprint density at radius 3 is 2.30 bits per heavy atom. The van der Waals surface area contributed by atoms with Gasteiger partial charge in [0.2, 0.25) is 0 Å². The Kier molecular flexibility index (Phi) is 3.98. The summed E-state index contributed by atoms with van der Waals surface area (Å²) in [7, 11) is 1.70. The highest BCUT2D eigenvalue weighted by atomic mass is 19.1. The van der Waals surface area contributed by atoms with Crippen molar-refractivity contribution in [3.8, 4) is 0 Å². The van der Waals surface area contributed by atoms with E-state index in [1.165, 1.54) is 0 Å². The molecule has 0 aliphatic heterocycles. The molecule has 0 aromatic heterocycles. The predicted molar refractivity (Wildman–Crippen MR) is 75.0 cm³/mol. The maximum absolute atomic E-state index is 13.1. The minimum absolute atomic E-state index is 0.0788. The van der Waals surface area contributed by atoms with Crippen LogP contribution in [0.15, 0.2) is 36.4 Å². The van der Waals surface area contributed by atoms with Crippen LogP contribution in [0.5, 0.6) is 0 Å². The van der Waals surface area contributed by atoms with Crippen molar-refractivity contribution in [3.63, 3.8) is 0 Å². The van der Waals surface area contributed by atoms with E-state index in [0.29, 0.717) is 11.3 Å². The number of amides is 1. The zero-order chi connectivity index (χ0) is 14.7. The lowest BCUT2D eigenvalue weighted by molar-refractivity contribution is 0.102. The van der Waals surface area contributed by atoms with Crippen molar-refractivity contribution in [3.05, 3.63) is 59.2 Å². The Morgan fingerprint density at radius 1 is 1.05 bits per heavy atom. The van der Waals surface area contributed by atoms with E-state index < -0.39 is 17.5 Å². The Labute approximate surface area is 115 Å². The molecule has 0 saturated heterocycles. The first-order valence-corrected chi connectivity index (χ1v) is 6.05. The molecule has 0 saturated carbocycles. The van der Waals surface area contributed by atoms with Crippen molar-refractivity contribution in [2.24, 2.45) is 0 Å². The predicted octanol–water partition coefficient (Wildman–Crippen LogP) is 3.57. The molecule has 0 fully saturated rings. The zero-order valence-electron chi connectivity index (χ0n) is 11.1. The molecule has 0 bridgehead atoms. The minimum Gasteiger partial charge on any atom is -0.387 e. The molecule has 0 heterocycles. The summed E-state index contributed by atoms with van der Waals surface area (Å²) in [6, 6.07) is 8.15. The average molecular weight is 276 g/mol. The molecule has 2 N–H and O–H groups in total. The normalized spacial score (nSPS) is 10.2. The molecule has 0 unspecified atom stereocenters. The van der Waals surface area contributed by atoms with Gasteiger partial charge in [-0.1, -0.05) is 6.07 Å². The molecule has 2 aromatic carbocycles. The Morgan fingerprint density at radius 2 is 1.70 bits per heavy atom. The Bertz CT molecular complexity index is 636. The van der Waals surface area contributed by atoms with Crippen LogP contribution in [0.3, 0.4) is 0 Å². The van der Waals surface area contributed by atoms with Gasteiger partial charge in [0.1, 0.15) is 11.6 Å². The van der Waals surface area contributed by atoms with Gasteiger partial charge in [-0.15, -0.1) is 0 Å². The number of aryl methyl sites for hydroxylation is 1. The summed E-state index contributed by atoms with van der Waals surface area (Å²) in [5.74, 6) is -1.91. The molecule has 0 atom stereocenters. The average Bonchev–Trinajstić information content (AvgIpc) is 2.37. The molecule has 3 nitrogen and oxygen atoms in total. The van der Waals surface area contributed by atoms with E-state index in [4.69, 9.17) is 0 Å². The Balaban J connectivity index is 2.28. The van der Waals surface area contributed by atoms with Gasteiger partial charge in [0, 0.05) is 24.5 Å². The second kappa shape index (κ2) is 5.69. The van der Waals surface area contributed by atoms with Crippen LogP contribution >= 0.6 is 0 Å². The van der Waals surface area contributed by atoms with E-state index >= 15 is 0 Å². The molecule has 0 spiro atoms. The van der Waals surface area contributed by atoms with E-state index in [1.54, 1.807) is 19.2 Å². The van der Waals surface area contributed by atoms with Crippen LogP contribution in [0, 0.1) is 18.6 Å². The molecule has 5 heteroatoms. The fourth-order valence-corrected chi connectivity index (χ4v) is 1.89. The van der Waals surface area contributed by atoms with Gasteiger partial charge >= 0.3 is 0 Å². The van der Waals surface area contributed by atoms with Gasteiger partial charge in [0.05, 0.1) is 5.56 Å². The SMILES string of the molecule is CNc1cc(C)ccc1C(=O)Nc1cc(F)cc(F)c1. The molecule has 2 rings (SSSR count). The van der Waals surface area contributed by atoms with Gasteiger partial charge in [-0.2, -0.15) is 0 Å². The minimum atomic E-state index is -0.738. The van der Waals surface area contributed by atoms with Crippen molar-refractivity contribution in [2.45, 2.75) is 6.92 Å². The number of halogens is 2. The van der Waals surface area contributed by atoms with E-state index in [2.05, 4.69) is 10.6 Å². The summed E-state index contributed by atoms with van der Waals surface area (Å²) >= 11 is 0. The van der Waals surface area contributed by atoms with Gasteiger partial charge in [0.25, 0.3) is 5.91 Å². The number of hydrogen-bond donors (Lipinski definition) is 2. The highest BCUT2D eigenvalue weighted by molar-refractivity contribution is 6.08. The third-order valence-electron chi connectivity index (χ3n) is 2.81. The first-order valence-electron chi connectivity index (χ1n) is 6.05. The van der Waals surface area contributed by atoms with Crippen LogP contribution in [-0.2, 0) is 0 Å². The number of benzene rings is 2. The third kappa shape index (κ3) is 3.12. The van der Waals surface area contributed by atoms with Gasteiger partial charge in [0.15, 0.2) is 0 Å². The van der Waals surface area contributed by atoms with Crippen LogP contribution in [0.4, 0.5) is 20.2 Å². The maximum atomic E-state index is 13.1. The van der Waals surface area contributed by atoms with Gasteiger partial charge in [-0.3, -0.25) is 4.79 Å². The van der Waals surface area contributed by atoms with Crippen molar-refractivity contribution >= 4 is 17.3 Å². The van der Waals surface area contributed by atoms with Crippen LogP contribution in [0.2, 0.25) is 0 Å². The van der Waals surface area contributed by atoms with Crippen LogP contribution in [0.1, 0.15) is 15.9 Å². The monoisotopic (exact) mass is 276 g/mol. The summed E-state index contributed by atoms with van der Waals surface area (Å²) in [4.78, 5) is 12.1. The van der Waals surface area contributed by atoms with Crippen molar-refractivity contribution in [2.75, 3.05) is 17.7 Å². The molecular weight excluding hydrogens is 262 g/mol. The smallest absolute Gasteiger partial charge is 0.257 e. The quantitative estimate of drug-likeness (QED) is 0.899. The van der Waals surface area contributed by atoms with Crippen LogP contribution in [-0.4, -0.2) is 13.0 Å². The van der Waals surface area contributed by atoms with Gasteiger partial charge in [-0.05, 0) is 36.8 Å². The molecule has 104 valence electrons. The number of rotatable bonds is 3. The zero-order valence-corrected chi connectivity index (χ0v) is 11.1. The maximum Gasteiger partial charge on any atom is 0.257 e. The van der Waals surface area contributed by atoms with E-state index in [9.17, 15) is 13.6 Å². The highest BCUT2D eigenvalue weighted by Crippen LogP contribution is 2.20. The van der Waals surface area contributed by atoms with Crippen LogP contribution in [0.25, 0.3) is 0 Å². The van der Waals surface area contributed by atoms with Crippen molar-refractivity contribution < 1.29 is 13.6 Å². The number of carbonyl (C=O) groups excluding carboxylic acids is 1. The lowest BCUT2D eigenvalue weighted by Crippen LogP contribution is -2.14. The van der Waals surface area contributed by atoms with E-state index in [1.807, 2.05) is 13.0 Å². The summed E-state index contributed by atoms with van der Waals surface area (Å²) in [6.45, 7) is 1.91. The molecule has 20 heavy (non-hydrogen) atoms. The highest BCUT2D eigenvalue weighted by Gasteiger charge is 2.12. The van der Waals surface area contributed by atoms with E-state index in [-0.39, 0.29) is 5.69 Å². The summed E-state index contributed by atoms with van der Waals surface area (Å²) in [5, 5.41) is 5.39. The third-order valence-corrected chi connectivity index (χ3v) is 2.81. The molecule has 0 aliphatic carbocycles. The lowest BCUT2D eigenvalue weighted by atomic mass is 10.1. The summed E-state index contributed by atoms with van der Waals surface area (Å²) in [5.41, 5.74) is 2.14. The first kappa shape index (κ1) is 14.0. The summed E-state index contributed by atoms with van der Waals surface area (Å²) in [6.07, 6.45) is 0. The lowest BCUT2D eigenvalue weighted by Gasteiger charge is -2.11. The molecular formula is C15H14F2N2O. The number of nitrogens with one attached hydrogen (secondary N) is 2. The molecule has 2 aromatic rings. The Hall–Kier alpha value is -2.43. The van der Waals surface area contributed by atoms with Gasteiger partial charge < -0.3 is 10.6 Å². The molecule has 0 radical (unpaired) electrons. The first-order chi connectivity index (χ1) is 9.49. The van der Waals surface area contributed by atoms with Crippen molar-refractivity contribution in [1.29, 1.82) is 0 Å². The summed E-state index contributed by atoms with van der Waals surface area (Å²) < 4.78 is 26.2. The standard InChI is InChI=1S/C15H14F2N2O/c1-9-3-4-13(14(5-9)18-2)15(20)19-12-7-10(16)6-11(17)8-12/h3-8,18H,1-2H3,(H,19,20). The fourth-order valence-electron chi connectivity index (χ4n) is 1.89. The number of anilines is 2. The van der Waals surface area contributed by atoms with Crippen LogP contribution < -0.4 is 10.6 Å². The number of carbonyl (C=O) groups is 1. The van der Waals surface area contributed by atoms with Crippen molar-refractivity contribution in [1.82, 2.24) is 0 Å². The molecule has 1 amide bonds. The topological polar surface area (TPSA) is 41.1 Å². The number of hydrogen-bond acceptors (Lipinski definition) is 2. The fraction of sp³-hybridized carbons (Fsp3) is 0.133. The van der Waals surface area contributed by atoms with Gasteiger partial charge in [-0.25, -0.2) is 8.78 Å². The molecule has 0 aliphatic rings.